The zero-order chi connectivity index (χ0) is 14.7. The largest absolute Gasteiger partial charge is 0.508 e. The lowest BCUT2D eigenvalue weighted by Gasteiger charge is -2.21. The third kappa shape index (κ3) is 3.18. The van der Waals surface area contributed by atoms with Gasteiger partial charge in [-0.15, -0.1) is 0 Å². The monoisotopic (exact) mass is 269 g/mol. The second kappa shape index (κ2) is 5.78. The minimum absolute atomic E-state index is 0.0347. The summed E-state index contributed by atoms with van der Waals surface area (Å²) < 4.78 is 0. The zero-order valence-corrected chi connectivity index (χ0v) is 12.1. The molecule has 0 amide bonds. The molecular weight excluding hydrogens is 250 g/mol. The average Bonchev–Trinajstić information content (AvgIpc) is 2.39. The summed E-state index contributed by atoms with van der Waals surface area (Å²) in [6.07, 6.45) is 0. The third-order valence-corrected chi connectivity index (χ3v) is 3.33. The van der Waals surface area contributed by atoms with Crippen molar-refractivity contribution in [2.75, 3.05) is 18.5 Å². The van der Waals surface area contributed by atoms with E-state index in [1.165, 1.54) is 17.7 Å². The molecule has 0 atom stereocenters. The molecule has 0 aliphatic heterocycles. The highest BCUT2D eigenvalue weighted by Gasteiger charge is 2.11. The normalized spacial score (nSPS) is 10.3. The Morgan fingerprint density at radius 3 is 2.35 bits per heavy atom. The van der Waals surface area contributed by atoms with Crippen LogP contribution in [-0.2, 0) is 0 Å². The molecule has 104 valence electrons. The Hall–Kier alpha value is -2.29. The standard InChI is InChI=1S/C17H19NO2/c1-12-4-9-16(13(2)10-12)18(3)11-17(20)14-5-7-15(19)8-6-14/h4-10,19H,11H2,1-3H3. The molecule has 0 spiro atoms. The second-order valence-corrected chi connectivity index (χ2v) is 5.12. The van der Waals surface area contributed by atoms with Crippen LogP contribution in [0, 0.1) is 13.8 Å². The van der Waals surface area contributed by atoms with Gasteiger partial charge in [-0.25, -0.2) is 0 Å². The van der Waals surface area contributed by atoms with Crippen molar-refractivity contribution in [1.82, 2.24) is 0 Å². The zero-order valence-electron chi connectivity index (χ0n) is 12.1. The van der Waals surface area contributed by atoms with Gasteiger partial charge >= 0.3 is 0 Å². The summed E-state index contributed by atoms with van der Waals surface area (Å²) in [7, 11) is 1.91. The first-order chi connectivity index (χ1) is 9.47. The number of hydrogen-bond donors (Lipinski definition) is 1. The molecule has 3 heteroatoms. The Kier molecular flexibility index (Phi) is 4.08. The van der Waals surface area contributed by atoms with Gasteiger partial charge in [0.05, 0.1) is 6.54 Å². The number of likely N-dealkylation sites (N-methyl/N-ethyl adjacent to an activating group) is 1. The van der Waals surface area contributed by atoms with Gasteiger partial charge in [-0.3, -0.25) is 4.79 Å². The molecule has 20 heavy (non-hydrogen) atoms. The van der Waals surface area contributed by atoms with E-state index in [0.717, 1.165) is 11.3 Å². The number of ketones is 1. The highest BCUT2D eigenvalue weighted by atomic mass is 16.3. The minimum Gasteiger partial charge on any atom is -0.508 e. The quantitative estimate of drug-likeness (QED) is 0.865. The number of carbonyl (C=O) groups is 1. The van der Waals surface area contributed by atoms with Crippen LogP contribution in [0.5, 0.6) is 5.75 Å². The summed E-state index contributed by atoms with van der Waals surface area (Å²) in [4.78, 5) is 14.1. The minimum atomic E-state index is 0.0347. The fourth-order valence-corrected chi connectivity index (χ4v) is 2.27. The van der Waals surface area contributed by atoms with Gasteiger partial charge in [0.25, 0.3) is 0 Å². The number of phenols is 1. The van der Waals surface area contributed by atoms with Crippen LogP contribution in [-0.4, -0.2) is 24.5 Å². The lowest BCUT2D eigenvalue weighted by molar-refractivity contribution is 0.100. The Morgan fingerprint density at radius 2 is 1.75 bits per heavy atom. The van der Waals surface area contributed by atoms with Crippen LogP contribution in [0.2, 0.25) is 0 Å². The first kappa shape index (κ1) is 14.1. The molecule has 0 unspecified atom stereocenters. The van der Waals surface area contributed by atoms with E-state index in [1.807, 2.05) is 31.0 Å². The van der Waals surface area contributed by atoms with E-state index in [1.54, 1.807) is 12.1 Å². The van der Waals surface area contributed by atoms with E-state index in [4.69, 9.17) is 0 Å². The van der Waals surface area contributed by atoms with Crippen molar-refractivity contribution >= 4 is 11.5 Å². The van der Waals surface area contributed by atoms with Crippen molar-refractivity contribution in [3.05, 3.63) is 59.2 Å². The van der Waals surface area contributed by atoms with E-state index < -0.39 is 0 Å². The first-order valence-electron chi connectivity index (χ1n) is 6.58. The van der Waals surface area contributed by atoms with Gasteiger partial charge in [0, 0.05) is 18.3 Å². The molecule has 0 aliphatic carbocycles. The van der Waals surface area contributed by atoms with E-state index in [0.29, 0.717) is 12.1 Å². The van der Waals surface area contributed by atoms with Gasteiger partial charge in [-0.05, 0) is 49.7 Å². The molecule has 0 bridgehead atoms. The van der Waals surface area contributed by atoms with Crippen LogP contribution in [0.1, 0.15) is 21.5 Å². The molecule has 0 radical (unpaired) electrons. The molecule has 0 aromatic heterocycles. The summed E-state index contributed by atoms with van der Waals surface area (Å²) in [5.41, 5.74) is 4.04. The Morgan fingerprint density at radius 1 is 1.10 bits per heavy atom. The molecule has 0 saturated carbocycles. The number of benzene rings is 2. The maximum atomic E-state index is 12.2. The third-order valence-electron chi connectivity index (χ3n) is 3.33. The van der Waals surface area contributed by atoms with Crippen LogP contribution in [0.3, 0.4) is 0 Å². The van der Waals surface area contributed by atoms with Crippen molar-refractivity contribution in [3.63, 3.8) is 0 Å². The predicted octanol–water partition coefficient (Wildman–Crippen LogP) is 3.33. The fourth-order valence-electron chi connectivity index (χ4n) is 2.27. The number of nitrogens with zero attached hydrogens (tertiary/aromatic N) is 1. The molecule has 2 aromatic carbocycles. The van der Waals surface area contributed by atoms with E-state index in [-0.39, 0.29) is 11.5 Å². The van der Waals surface area contributed by atoms with Gasteiger partial charge in [-0.1, -0.05) is 17.7 Å². The van der Waals surface area contributed by atoms with E-state index in [2.05, 4.69) is 13.0 Å². The SMILES string of the molecule is Cc1ccc(N(C)CC(=O)c2ccc(O)cc2)c(C)c1. The van der Waals surface area contributed by atoms with Gasteiger partial charge in [0.1, 0.15) is 5.75 Å². The van der Waals surface area contributed by atoms with Gasteiger partial charge in [0.2, 0.25) is 0 Å². The lowest BCUT2D eigenvalue weighted by atomic mass is 10.1. The molecule has 3 nitrogen and oxygen atoms in total. The van der Waals surface area contributed by atoms with Crippen LogP contribution < -0.4 is 4.90 Å². The van der Waals surface area contributed by atoms with E-state index >= 15 is 0 Å². The molecule has 1 N–H and O–H groups in total. The van der Waals surface area contributed by atoms with Crippen molar-refractivity contribution in [2.45, 2.75) is 13.8 Å². The number of anilines is 1. The molecule has 0 fully saturated rings. The maximum absolute atomic E-state index is 12.2. The Labute approximate surface area is 119 Å². The molecule has 0 heterocycles. The van der Waals surface area contributed by atoms with Crippen molar-refractivity contribution in [3.8, 4) is 5.75 Å². The van der Waals surface area contributed by atoms with Gasteiger partial charge in [0.15, 0.2) is 5.78 Å². The average molecular weight is 269 g/mol. The second-order valence-electron chi connectivity index (χ2n) is 5.12. The summed E-state index contributed by atoms with van der Waals surface area (Å²) in [6, 6.07) is 12.5. The number of hydrogen-bond acceptors (Lipinski definition) is 3. The molecule has 2 aromatic rings. The Bertz CT molecular complexity index is 617. The highest BCUT2D eigenvalue weighted by molar-refractivity contribution is 5.99. The summed E-state index contributed by atoms with van der Waals surface area (Å²) in [6.45, 7) is 4.41. The fraction of sp³-hybridized carbons (Fsp3) is 0.235. The summed E-state index contributed by atoms with van der Waals surface area (Å²) >= 11 is 0. The van der Waals surface area contributed by atoms with Crippen molar-refractivity contribution < 1.29 is 9.90 Å². The van der Waals surface area contributed by atoms with Crippen molar-refractivity contribution in [1.29, 1.82) is 0 Å². The number of carbonyl (C=O) groups excluding carboxylic acids is 1. The number of Topliss-reactive ketones (excluding diaryl/α,β-unsaturated/α-hetero) is 1. The molecule has 0 aliphatic rings. The highest BCUT2D eigenvalue weighted by Crippen LogP contribution is 2.20. The molecule has 0 saturated heterocycles. The molecule has 2 rings (SSSR count). The number of aromatic hydroxyl groups is 1. The first-order valence-corrected chi connectivity index (χ1v) is 6.58. The number of rotatable bonds is 4. The van der Waals surface area contributed by atoms with E-state index in [9.17, 15) is 9.90 Å². The van der Waals surface area contributed by atoms with Crippen LogP contribution in [0.4, 0.5) is 5.69 Å². The van der Waals surface area contributed by atoms with Crippen molar-refractivity contribution in [2.24, 2.45) is 0 Å². The van der Waals surface area contributed by atoms with Crippen LogP contribution >= 0.6 is 0 Å². The topological polar surface area (TPSA) is 40.5 Å². The van der Waals surface area contributed by atoms with Crippen LogP contribution in [0.15, 0.2) is 42.5 Å². The molecular formula is C17H19NO2. The smallest absolute Gasteiger partial charge is 0.182 e. The lowest BCUT2D eigenvalue weighted by Crippen LogP contribution is -2.26. The van der Waals surface area contributed by atoms with Crippen LogP contribution in [0.25, 0.3) is 0 Å². The summed E-state index contributed by atoms with van der Waals surface area (Å²) in [5, 5.41) is 9.24. The number of aryl methyl sites for hydroxylation is 2. The predicted molar refractivity (Wildman–Crippen MR) is 81.6 cm³/mol. The summed E-state index contributed by atoms with van der Waals surface area (Å²) in [5.74, 6) is 0.205. The Balaban J connectivity index is 2.12. The maximum Gasteiger partial charge on any atom is 0.182 e. The van der Waals surface area contributed by atoms with Gasteiger partial charge < -0.3 is 10.0 Å². The number of phenolic OH excluding ortho intramolecular Hbond substituents is 1. The van der Waals surface area contributed by atoms with Gasteiger partial charge in [-0.2, -0.15) is 0 Å².